The van der Waals surface area contributed by atoms with Crippen LogP contribution in [0.3, 0.4) is 0 Å². The molecule has 1 amide bonds. The molecular weight excluding hydrogens is 469 g/mol. The highest BCUT2D eigenvalue weighted by atomic mass is 127. The molecule has 150 valence electrons. The van der Waals surface area contributed by atoms with Crippen LogP contribution in [0, 0.1) is 0 Å². The first-order valence-electron chi connectivity index (χ1n) is 9.90. The number of hydrogen-bond acceptors (Lipinski definition) is 5. The van der Waals surface area contributed by atoms with Crippen molar-refractivity contribution in [1.29, 1.82) is 0 Å². The van der Waals surface area contributed by atoms with Gasteiger partial charge in [0.2, 0.25) is 5.91 Å². The molecule has 0 bridgehead atoms. The highest BCUT2D eigenvalue weighted by Gasteiger charge is 2.46. The summed E-state index contributed by atoms with van der Waals surface area (Å²) >= 11 is 2.17. The van der Waals surface area contributed by atoms with Crippen LogP contribution in [-0.2, 0) is 9.53 Å². The Hall–Kier alpha value is -1.68. The SMILES string of the molecule is O=C(CCOC/C=C/I)N1CCCC12CCCN(c1ncnc3[nH]ccc13)C2. The Morgan fingerprint density at radius 3 is 3.04 bits per heavy atom. The van der Waals surface area contributed by atoms with Crippen LogP contribution in [0.5, 0.6) is 0 Å². The van der Waals surface area contributed by atoms with Gasteiger partial charge in [0.15, 0.2) is 0 Å². The number of anilines is 1. The number of halogens is 1. The van der Waals surface area contributed by atoms with Crippen molar-refractivity contribution in [3.05, 3.63) is 28.7 Å². The second-order valence-electron chi connectivity index (χ2n) is 7.52. The number of carbonyl (C=O) groups is 1. The number of aromatic amines is 1. The van der Waals surface area contributed by atoms with Gasteiger partial charge in [-0.1, -0.05) is 28.7 Å². The molecule has 28 heavy (non-hydrogen) atoms. The van der Waals surface area contributed by atoms with Crippen LogP contribution >= 0.6 is 22.6 Å². The lowest BCUT2D eigenvalue weighted by molar-refractivity contribution is -0.136. The number of piperidine rings is 1. The minimum absolute atomic E-state index is 0.0783. The first-order chi connectivity index (χ1) is 13.7. The van der Waals surface area contributed by atoms with E-state index in [-0.39, 0.29) is 11.4 Å². The Bertz CT molecular complexity index is 854. The van der Waals surface area contributed by atoms with E-state index < -0.39 is 0 Å². The number of nitrogens with one attached hydrogen (secondary N) is 1. The van der Waals surface area contributed by atoms with Crippen molar-refractivity contribution in [2.45, 2.75) is 37.6 Å². The molecule has 1 spiro atoms. The molecule has 2 saturated heterocycles. The molecule has 1 N–H and O–H groups in total. The summed E-state index contributed by atoms with van der Waals surface area (Å²) in [5.41, 5.74) is 0.784. The number of likely N-dealkylation sites (tertiary alicyclic amines) is 1. The van der Waals surface area contributed by atoms with Gasteiger partial charge >= 0.3 is 0 Å². The molecule has 2 aliphatic rings. The van der Waals surface area contributed by atoms with E-state index in [2.05, 4.69) is 47.3 Å². The Kier molecular flexibility index (Phi) is 6.15. The highest BCUT2D eigenvalue weighted by molar-refractivity contribution is 14.1. The van der Waals surface area contributed by atoms with Gasteiger partial charge in [0, 0.05) is 25.8 Å². The molecule has 1 unspecified atom stereocenters. The summed E-state index contributed by atoms with van der Waals surface area (Å²) in [5, 5.41) is 1.05. The average molecular weight is 495 g/mol. The molecule has 0 saturated carbocycles. The number of fused-ring (bicyclic) bond motifs is 1. The maximum absolute atomic E-state index is 12.9. The van der Waals surface area contributed by atoms with E-state index in [0.29, 0.717) is 19.6 Å². The van der Waals surface area contributed by atoms with Gasteiger partial charge in [0.05, 0.1) is 30.6 Å². The van der Waals surface area contributed by atoms with Gasteiger partial charge < -0.3 is 19.5 Å². The number of H-pyrrole nitrogens is 1. The minimum Gasteiger partial charge on any atom is -0.377 e. The zero-order valence-corrected chi connectivity index (χ0v) is 18.1. The van der Waals surface area contributed by atoms with E-state index in [1.54, 1.807) is 6.33 Å². The predicted octanol–water partition coefficient (Wildman–Crippen LogP) is 3.27. The number of carbonyl (C=O) groups excluding carboxylic acids is 1. The van der Waals surface area contributed by atoms with Gasteiger partial charge in [-0.3, -0.25) is 4.79 Å². The van der Waals surface area contributed by atoms with Crippen LogP contribution in [-0.4, -0.2) is 64.1 Å². The molecule has 2 fully saturated rings. The first kappa shape index (κ1) is 19.6. The summed E-state index contributed by atoms with van der Waals surface area (Å²) in [6.07, 6.45) is 10.2. The second-order valence-corrected chi connectivity index (χ2v) is 8.24. The summed E-state index contributed by atoms with van der Waals surface area (Å²) in [5.74, 6) is 1.19. The van der Waals surface area contributed by atoms with Crippen molar-refractivity contribution in [2.75, 3.05) is 37.7 Å². The normalized spacial score (nSPS) is 22.8. The molecule has 0 aliphatic carbocycles. The molecule has 0 radical (unpaired) electrons. The fraction of sp³-hybridized carbons (Fsp3) is 0.550. The van der Waals surface area contributed by atoms with Gasteiger partial charge in [-0.25, -0.2) is 9.97 Å². The standard InChI is InChI=1S/C20H26IN5O2/c21-8-3-12-28-13-5-17(27)26-11-2-7-20(26)6-1-10-25(14-20)19-16-4-9-22-18(16)23-15-24-19/h3-4,8-9,15H,1-2,5-7,10-14H2,(H,22,23,24)/b8-3+. The number of hydrogen-bond donors (Lipinski definition) is 1. The summed E-state index contributed by atoms with van der Waals surface area (Å²) in [6, 6.07) is 2.03. The smallest absolute Gasteiger partial charge is 0.225 e. The monoisotopic (exact) mass is 495 g/mol. The molecule has 4 heterocycles. The molecule has 0 aromatic carbocycles. The van der Waals surface area contributed by atoms with Crippen LogP contribution in [0.1, 0.15) is 32.1 Å². The number of rotatable bonds is 6. The van der Waals surface area contributed by atoms with Crippen LogP contribution < -0.4 is 4.90 Å². The molecule has 8 heteroatoms. The van der Waals surface area contributed by atoms with Crippen LogP contribution in [0.25, 0.3) is 11.0 Å². The Labute approximate surface area is 178 Å². The van der Waals surface area contributed by atoms with Crippen molar-refractivity contribution in [1.82, 2.24) is 19.9 Å². The minimum atomic E-state index is -0.0783. The molecule has 2 aromatic heterocycles. The van der Waals surface area contributed by atoms with E-state index in [0.717, 1.165) is 62.2 Å². The van der Waals surface area contributed by atoms with E-state index in [9.17, 15) is 4.79 Å². The van der Waals surface area contributed by atoms with Crippen molar-refractivity contribution >= 4 is 45.3 Å². The summed E-state index contributed by atoms with van der Waals surface area (Å²) in [6.45, 7) is 3.70. The van der Waals surface area contributed by atoms with E-state index in [4.69, 9.17) is 4.74 Å². The van der Waals surface area contributed by atoms with Crippen LogP contribution in [0.15, 0.2) is 28.7 Å². The average Bonchev–Trinajstić information content (AvgIpc) is 3.34. The predicted molar refractivity (Wildman–Crippen MR) is 118 cm³/mol. The summed E-state index contributed by atoms with van der Waals surface area (Å²) in [7, 11) is 0. The third-order valence-corrected chi connectivity index (χ3v) is 6.36. The summed E-state index contributed by atoms with van der Waals surface area (Å²) < 4.78 is 7.47. The zero-order valence-electron chi connectivity index (χ0n) is 15.9. The van der Waals surface area contributed by atoms with E-state index in [1.807, 2.05) is 22.4 Å². The number of amides is 1. The number of aromatic nitrogens is 3. The van der Waals surface area contributed by atoms with Crippen molar-refractivity contribution in [2.24, 2.45) is 0 Å². The fourth-order valence-corrected chi connectivity index (χ4v) is 4.85. The topological polar surface area (TPSA) is 74.3 Å². The van der Waals surface area contributed by atoms with Crippen LogP contribution in [0.4, 0.5) is 5.82 Å². The van der Waals surface area contributed by atoms with Crippen LogP contribution in [0.2, 0.25) is 0 Å². The van der Waals surface area contributed by atoms with E-state index >= 15 is 0 Å². The molecule has 2 aromatic rings. The molecule has 7 nitrogen and oxygen atoms in total. The molecule has 4 rings (SSSR count). The van der Waals surface area contributed by atoms with Crippen molar-refractivity contribution in [3.8, 4) is 0 Å². The number of ether oxygens (including phenoxy) is 1. The second kappa shape index (κ2) is 8.77. The lowest BCUT2D eigenvalue weighted by Crippen LogP contribution is -2.57. The zero-order chi connectivity index (χ0) is 19.4. The number of nitrogens with zero attached hydrogens (tertiary/aromatic N) is 4. The molecule has 1 atom stereocenters. The first-order valence-corrected chi connectivity index (χ1v) is 11.1. The Balaban J connectivity index is 1.47. The quantitative estimate of drug-likeness (QED) is 0.492. The summed E-state index contributed by atoms with van der Waals surface area (Å²) in [4.78, 5) is 29.5. The van der Waals surface area contributed by atoms with E-state index in [1.165, 1.54) is 0 Å². The van der Waals surface area contributed by atoms with Crippen molar-refractivity contribution < 1.29 is 9.53 Å². The Morgan fingerprint density at radius 1 is 1.32 bits per heavy atom. The third kappa shape index (κ3) is 3.89. The Morgan fingerprint density at radius 2 is 2.18 bits per heavy atom. The maximum atomic E-state index is 12.9. The van der Waals surface area contributed by atoms with Gasteiger partial charge in [0.1, 0.15) is 17.8 Å². The lowest BCUT2D eigenvalue weighted by atomic mass is 9.86. The third-order valence-electron chi connectivity index (χ3n) is 5.85. The lowest BCUT2D eigenvalue weighted by Gasteiger charge is -2.46. The maximum Gasteiger partial charge on any atom is 0.225 e. The van der Waals surface area contributed by atoms with Gasteiger partial charge in [-0.15, -0.1) is 0 Å². The van der Waals surface area contributed by atoms with Gasteiger partial charge in [0.25, 0.3) is 0 Å². The molecule has 2 aliphatic heterocycles. The largest absolute Gasteiger partial charge is 0.377 e. The molecular formula is C20H26IN5O2. The van der Waals surface area contributed by atoms with Gasteiger partial charge in [-0.2, -0.15) is 0 Å². The highest BCUT2D eigenvalue weighted by Crippen LogP contribution is 2.39. The van der Waals surface area contributed by atoms with Gasteiger partial charge in [-0.05, 0) is 35.8 Å². The fourth-order valence-electron chi connectivity index (χ4n) is 4.64. The van der Waals surface area contributed by atoms with Crippen molar-refractivity contribution in [3.63, 3.8) is 0 Å².